The number of hydrogen-bond acceptors (Lipinski definition) is 3. The molecule has 78 valence electrons. The van der Waals surface area contributed by atoms with Gasteiger partial charge >= 0.3 is 0 Å². The smallest absolute Gasteiger partial charge is 0.115 e. The first kappa shape index (κ1) is 11.0. The van der Waals surface area contributed by atoms with E-state index in [4.69, 9.17) is 5.73 Å². The molecule has 0 saturated heterocycles. The van der Waals surface area contributed by atoms with Crippen LogP contribution in [0.4, 0.5) is 0 Å². The third-order valence-electron chi connectivity index (χ3n) is 2.39. The average molecular weight is 195 g/mol. The average Bonchev–Trinajstić information content (AvgIpc) is 2.16. The Morgan fingerprint density at radius 1 is 1.43 bits per heavy atom. The summed E-state index contributed by atoms with van der Waals surface area (Å²) < 4.78 is 0. The van der Waals surface area contributed by atoms with Crippen LogP contribution in [0.3, 0.4) is 0 Å². The van der Waals surface area contributed by atoms with Crippen LogP contribution < -0.4 is 5.73 Å². The number of phenolic OH excluding ortho intramolecular Hbond substituents is 1. The number of aryl methyl sites for hydroxylation is 1. The monoisotopic (exact) mass is 195 g/mol. The van der Waals surface area contributed by atoms with Crippen LogP contribution in [0.2, 0.25) is 0 Å². The highest BCUT2D eigenvalue weighted by atomic mass is 16.3. The minimum Gasteiger partial charge on any atom is -0.508 e. The number of rotatable bonds is 3. The SMILES string of the molecule is CCc1ccc(O)cc1[C@H](N)[C@@H](C)O. The van der Waals surface area contributed by atoms with Crippen LogP contribution in [0.15, 0.2) is 18.2 Å². The summed E-state index contributed by atoms with van der Waals surface area (Å²) in [5.41, 5.74) is 7.71. The Hall–Kier alpha value is -1.06. The summed E-state index contributed by atoms with van der Waals surface area (Å²) in [4.78, 5) is 0. The fourth-order valence-electron chi connectivity index (χ4n) is 1.47. The summed E-state index contributed by atoms with van der Waals surface area (Å²) in [5.74, 6) is 0.188. The largest absolute Gasteiger partial charge is 0.508 e. The van der Waals surface area contributed by atoms with Gasteiger partial charge in [-0.25, -0.2) is 0 Å². The first-order chi connectivity index (χ1) is 6.56. The molecule has 0 saturated carbocycles. The summed E-state index contributed by atoms with van der Waals surface area (Å²) in [6, 6.07) is 4.66. The van der Waals surface area contributed by atoms with Crippen molar-refractivity contribution in [2.75, 3.05) is 0 Å². The quantitative estimate of drug-likeness (QED) is 0.681. The van der Waals surface area contributed by atoms with Crippen molar-refractivity contribution in [3.63, 3.8) is 0 Å². The topological polar surface area (TPSA) is 66.5 Å². The lowest BCUT2D eigenvalue weighted by molar-refractivity contribution is 0.164. The van der Waals surface area contributed by atoms with Gasteiger partial charge in [0.25, 0.3) is 0 Å². The van der Waals surface area contributed by atoms with Crippen molar-refractivity contribution in [2.24, 2.45) is 5.73 Å². The van der Waals surface area contributed by atoms with Gasteiger partial charge in [-0.05, 0) is 36.6 Å². The van der Waals surface area contributed by atoms with Gasteiger partial charge in [-0.1, -0.05) is 13.0 Å². The van der Waals surface area contributed by atoms with Gasteiger partial charge in [-0.15, -0.1) is 0 Å². The van der Waals surface area contributed by atoms with Crippen molar-refractivity contribution < 1.29 is 10.2 Å². The number of aliphatic hydroxyl groups is 1. The van der Waals surface area contributed by atoms with E-state index in [9.17, 15) is 10.2 Å². The fraction of sp³-hybridized carbons (Fsp3) is 0.455. The molecule has 0 unspecified atom stereocenters. The molecule has 0 spiro atoms. The van der Waals surface area contributed by atoms with Gasteiger partial charge in [-0.2, -0.15) is 0 Å². The van der Waals surface area contributed by atoms with E-state index in [0.717, 1.165) is 17.5 Å². The fourth-order valence-corrected chi connectivity index (χ4v) is 1.47. The first-order valence-electron chi connectivity index (χ1n) is 4.81. The molecule has 3 nitrogen and oxygen atoms in total. The van der Waals surface area contributed by atoms with E-state index in [1.54, 1.807) is 19.1 Å². The van der Waals surface area contributed by atoms with Gasteiger partial charge in [0, 0.05) is 0 Å². The summed E-state index contributed by atoms with van der Waals surface area (Å²) in [6.07, 6.45) is 0.234. The van der Waals surface area contributed by atoms with Crippen LogP contribution in [0.1, 0.15) is 31.0 Å². The summed E-state index contributed by atoms with van der Waals surface area (Å²) in [5, 5.41) is 18.7. The van der Waals surface area contributed by atoms with Gasteiger partial charge in [-0.3, -0.25) is 0 Å². The van der Waals surface area contributed by atoms with E-state index in [2.05, 4.69) is 0 Å². The van der Waals surface area contributed by atoms with Crippen molar-refractivity contribution in [3.05, 3.63) is 29.3 Å². The zero-order valence-corrected chi connectivity index (χ0v) is 8.57. The molecule has 1 aromatic rings. The van der Waals surface area contributed by atoms with Crippen LogP contribution in [-0.2, 0) is 6.42 Å². The van der Waals surface area contributed by atoms with Crippen molar-refractivity contribution in [3.8, 4) is 5.75 Å². The number of aromatic hydroxyl groups is 1. The molecule has 3 heteroatoms. The molecule has 1 rings (SSSR count). The number of phenols is 1. The van der Waals surface area contributed by atoms with Crippen LogP contribution >= 0.6 is 0 Å². The lowest BCUT2D eigenvalue weighted by atomic mass is 9.96. The van der Waals surface area contributed by atoms with E-state index in [1.165, 1.54) is 0 Å². The maximum atomic E-state index is 9.38. The predicted molar refractivity (Wildman–Crippen MR) is 56.1 cm³/mol. The Bertz CT molecular complexity index is 310. The van der Waals surface area contributed by atoms with E-state index in [-0.39, 0.29) is 5.75 Å². The molecular weight excluding hydrogens is 178 g/mol. The molecule has 0 fully saturated rings. The molecule has 14 heavy (non-hydrogen) atoms. The molecule has 4 N–H and O–H groups in total. The molecule has 0 radical (unpaired) electrons. The lowest BCUT2D eigenvalue weighted by Gasteiger charge is -2.18. The summed E-state index contributed by atoms with van der Waals surface area (Å²) >= 11 is 0. The van der Waals surface area contributed by atoms with Crippen LogP contribution in [0, 0.1) is 0 Å². The number of benzene rings is 1. The number of hydrogen-bond donors (Lipinski definition) is 3. The highest BCUT2D eigenvalue weighted by molar-refractivity contribution is 5.37. The zero-order chi connectivity index (χ0) is 10.7. The van der Waals surface area contributed by atoms with Crippen LogP contribution in [0.5, 0.6) is 5.75 Å². The van der Waals surface area contributed by atoms with Gasteiger partial charge in [0.1, 0.15) is 5.75 Å². The molecule has 0 heterocycles. The Kier molecular flexibility index (Phi) is 3.49. The Labute approximate surface area is 84.2 Å². The normalized spacial score (nSPS) is 15.1. The predicted octanol–water partition coefficient (Wildman–Crippen LogP) is 1.34. The molecule has 0 amide bonds. The molecule has 0 aliphatic heterocycles. The lowest BCUT2D eigenvalue weighted by Crippen LogP contribution is -2.24. The second-order valence-corrected chi connectivity index (χ2v) is 3.50. The molecule has 0 bridgehead atoms. The Balaban J connectivity index is 3.10. The van der Waals surface area contributed by atoms with Gasteiger partial charge in [0.15, 0.2) is 0 Å². The Morgan fingerprint density at radius 2 is 2.07 bits per heavy atom. The summed E-state index contributed by atoms with van der Waals surface area (Å²) in [7, 11) is 0. The number of nitrogens with two attached hydrogens (primary N) is 1. The van der Waals surface area contributed by atoms with Crippen LogP contribution in [-0.4, -0.2) is 16.3 Å². The maximum absolute atomic E-state index is 9.38. The van der Waals surface area contributed by atoms with Crippen molar-refractivity contribution in [2.45, 2.75) is 32.4 Å². The van der Waals surface area contributed by atoms with E-state index in [1.807, 2.05) is 13.0 Å². The number of aliphatic hydroxyl groups excluding tert-OH is 1. The second-order valence-electron chi connectivity index (χ2n) is 3.50. The highest BCUT2D eigenvalue weighted by Crippen LogP contribution is 2.24. The second kappa shape index (κ2) is 4.44. The van der Waals surface area contributed by atoms with E-state index < -0.39 is 12.1 Å². The molecule has 2 atom stereocenters. The molecule has 0 aromatic heterocycles. The van der Waals surface area contributed by atoms with E-state index >= 15 is 0 Å². The molecule has 1 aromatic carbocycles. The van der Waals surface area contributed by atoms with Crippen molar-refractivity contribution in [1.29, 1.82) is 0 Å². The van der Waals surface area contributed by atoms with E-state index in [0.29, 0.717) is 0 Å². The van der Waals surface area contributed by atoms with Crippen molar-refractivity contribution >= 4 is 0 Å². The highest BCUT2D eigenvalue weighted by Gasteiger charge is 2.15. The third kappa shape index (κ3) is 2.25. The summed E-state index contributed by atoms with van der Waals surface area (Å²) in [6.45, 7) is 3.67. The van der Waals surface area contributed by atoms with Crippen molar-refractivity contribution in [1.82, 2.24) is 0 Å². The molecule has 0 aliphatic carbocycles. The van der Waals surface area contributed by atoms with Gasteiger partial charge < -0.3 is 15.9 Å². The third-order valence-corrected chi connectivity index (χ3v) is 2.39. The molecule has 0 aliphatic rings. The minimum atomic E-state index is -0.609. The van der Waals surface area contributed by atoms with Gasteiger partial charge in [0.2, 0.25) is 0 Å². The van der Waals surface area contributed by atoms with Gasteiger partial charge in [0.05, 0.1) is 12.1 Å². The first-order valence-corrected chi connectivity index (χ1v) is 4.81. The Morgan fingerprint density at radius 3 is 2.57 bits per heavy atom. The maximum Gasteiger partial charge on any atom is 0.115 e. The van der Waals surface area contributed by atoms with Crippen LogP contribution in [0.25, 0.3) is 0 Å². The molecular formula is C11H17NO2. The minimum absolute atomic E-state index is 0.188. The zero-order valence-electron chi connectivity index (χ0n) is 8.57. The standard InChI is InChI=1S/C11H17NO2/c1-3-8-4-5-9(14)6-10(8)11(12)7(2)13/h4-7,11,13-14H,3,12H2,1-2H3/t7-,11-/m1/s1.